The zero-order valence-corrected chi connectivity index (χ0v) is 28.7. The Hall–Kier alpha value is -0.850. The second kappa shape index (κ2) is 18.8. The molecule has 2 aliphatic rings. The molecule has 0 spiro atoms. The number of nitrogens with zero attached hydrogens (tertiary/aromatic N) is 2. The number of aliphatic hydroxyl groups excluding tert-OH is 3. The number of likely N-dealkylation sites (N-methyl/N-ethyl adjacent to an activating group) is 2. The zero-order chi connectivity index (χ0) is 33.0. The summed E-state index contributed by atoms with van der Waals surface area (Å²) in [7, 11) is 1.89. The lowest BCUT2D eigenvalue weighted by Gasteiger charge is -2.41. The van der Waals surface area contributed by atoms with E-state index in [9.17, 15) is 30.3 Å². The Labute approximate surface area is 256 Å². The van der Waals surface area contributed by atoms with Gasteiger partial charge in [-0.2, -0.15) is 0 Å². The predicted octanol–water partition coefficient (Wildman–Crippen LogP) is 3.02. The van der Waals surface area contributed by atoms with Crippen LogP contribution in [0.3, 0.4) is 0 Å². The molecule has 2 saturated heterocycles. The van der Waals surface area contributed by atoms with E-state index in [4.69, 9.17) is 9.47 Å². The Morgan fingerprint density at radius 2 is 1.45 bits per heavy atom. The van der Waals surface area contributed by atoms with Gasteiger partial charge in [-0.3, -0.25) is 9.69 Å². The van der Waals surface area contributed by atoms with E-state index in [1.54, 1.807) is 13.8 Å². The van der Waals surface area contributed by atoms with Crippen molar-refractivity contribution in [3.05, 3.63) is 0 Å². The summed E-state index contributed by atoms with van der Waals surface area (Å²) in [5, 5.41) is 51.4. The Balaban J connectivity index is 0.000000881. The molecule has 2 aliphatic heterocycles. The average molecular weight is 607 g/mol. The van der Waals surface area contributed by atoms with Gasteiger partial charge in [0.2, 0.25) is 0 Å². The molecule has 2 rings (SSSR count). The maximum absolute atomic E-state index is 12.3. The summed E-state index contributed by atoms with van der Waals surface area (Å²) in [6.45, 7) is 23.2. The van der Waals surface area contributed by atoms with Crippen LogP contribution in [0.15, 0.2) is 0 Å². The molecule has 2 heterocycles. The van der Waals surface area contributed by atoms with Crippen molar-refractivity contribution in [2.45, 2.75) is 150 Å². The first-order chi connectivity index (χ1) is 19.3. The molecule has 0 aromatic heterocycles. The number of hydrogen-bond donors (Lipinski definition) is 5. The van der Waals surface area contributed by atoms with Gasteiger partial charge in [0.25, 0.3) is 0 Å². The van der Waals surface area contributed by atoms with Crippen molar-refractivity contribution in [3.63, 3.8) is 0 Å². The van der Waals surface area contributed by atoms with E-state index >= 15 is 0 Å². The number of aliphatic hydroxyl groups is 5. The lowest BCUT2D eigenvalue weighted by atomic mass is 9.82. The molecular weight excluding hydrogens is 540 g/mol. The average Bonchev–Trinajstić information content (AvgIpc) is 2.89. The smallest absolute Gasteiger partial charge is 0.308 e. The van der Waals surface area contributed by atoms with E-state index in [0.29, 0.717) is 32.2 Å². The number of esters is 1. The van der Waals surface area contributed by atoms with E-state index in [2.05, 4.69) is 25.7 Å². The molecule has 10 nitrogen and oxygen atoms in total. The van der Waals surface area contributed by atoms with E-state index in [0.717, 1.165) is 13.1 Å². The van der Waals surface area contributed by atoms with Crippen molar-refractivity contribution >= 4 is 5.97 Å². The zero-order valence-electron chi connectivity index (χ0n) is 28.7. The molecule has 10 heteroatoms. The predicted molar refractivity (Wildman–Crippen MR) is 167 cm³/mol. The van der Waals surface area contributed by atoms with Gasteiger partial charge in [-0.05, 0) is 78.9 Å². The summed E-state index contributed by atoms with van der Waals surface area (Å²) in [4.78, 5) is 16.4. The van der Waals surface area contributed by atoms with Crippen LogP contribution in [-0.4, -0.2) is 122 Å². The fraction of sp³-hybridized carbons (Fsp3) is 0.969. The largest absolute Gasteiger partial charge is 0.462 e. The van der Waals surface area contributed by atoms with Crippen LogP contribution in [0.1, 0.15) is 102 Å². The lowest BCUT2D eigenvalue weighted by Crippen LogP contribution is -2.55. The highest BCUT2D eigenvalue weighted by Crippen LogP contribution is 2.30. The molecule has 0 aromatic carbocycles. The van der Waals surface area contributed by atoms with Crippen molar-refractivity contribution in [1.29, 1.82) is 0 Å². The Morgan fingerprint density at radius 1 is 0.929 bits per heavy atom. The van der Waals surface area contributed by atoms with Crippen molar-refractivity contribution in [1.82, 2.24) is 9.80 Å². The third kappa shape index (κ3) is 13.4. The van der Waals surface area contributed by atoms with Gasteiger partial charge >= 0.3 is 5.97 Å². The Bertz CT molecular complexity index is 746. The molecule has 42 heavy (non-hydrogen) atoms. The summed E-state index contributed by atoms with van der Waals surface area (Å²) in [6, 6.07) is -0.304. The van der Waals surface area contributed by atoms with Gasteiger partial charge < -0.3 is 39.9 Å². The fourth-order valence-corrected chi connectivity index (χ4v) is 6.40. The highest BCUT2D eigenvalue weighted by molar-refractivity contribution is 5.72. The lowest BCUT2D eigenvalue weighted by molar-refractivity contribution is -0.215. The first-order valence-corrected chi connectivity index (χ1v) is 16.1. The first kappa shape index (κ1) is 41.1. The van der Waals surface area contributed by atoms with Gasteiger partial charge in [0.1, 0.15) is 18.3 Å². The molecule has 0 aliphatic carbocycles. The summed E-state index contributed by atoms with van der Waals surface area (Å²) >= 11 is 0. The van der Waals surface area contributed by atoms with Crippen LogP contribution in [0.5, 0.6) is 0 Å². The normalized spacial score (nSPS) is 41.3. The monoisotopic (exact) mass is 606 g/mol. The number of hydrogen-bond acceptors (Lipinski definition) is 10. The maximum Gasteiger partial charge on any atom is 0.308 e. The summed E-state index contributed by atoms with van der Waals surface area (Å²) in [6.07, 6.45) is -0.222. The molecule has 0 aromatic rings. The SMILES string of the molecule is CC.CC1C[C@H](C)C[C@](C)(O)C[C@@H](C)CN(C)C(C)C(O)[C@](C)(O)COC1=O.CCN(CC)C1CC(O)O[C@H](C)C1O. The molecule has 2 fully saturated rings. The second-order valence-corrected chi connectivity index (χ2v) is 13.2. The van der Waals surface area contributed by atoms with Gasteiger partial charge in [0.05, 0.1) is 23.7 Å². The second-order valence-electron chi connectivity index (χ2n) is 13.2. The molecule has 0 radical (unpaired) electrons. The highest BCUT2D eigenvalue weighted by atomic mass is 16.6. The minimum absolute atomic E-state index is 0.0174. The van der Waals surface area contributed by atoms with E-state index < -0.39 is 29.7 Å². The van der Waals surface area contributed by atoms with Crippen LogP contribution < -0.4 is 0 Å². The molecule has 5 N–H and O–H groups in total. The topological polar surface area (TPSA) is 143 Å². The van der Waals surface area contributed by atoms with Gasteiger partial charge in [0, 0.05) is 25.0 Å². The van der Waals surface area contributed by atoms with Crippen LogP contribution >= 0.6 is 0 Å². The third-order valence-corrected chi connectivity index (χ3v) is 8.60. The van der Waals surface area contributed by atoms with Crippen molar-refractivity contribution in [2.75, 3.05) is 33.3 Å². The van der Waals surface area contributed by atoms with Crippen LogP contribution in [0, 0.1) is 17.8 Å². The third-order valence-electron chi connectivity index (χ3n) is 8.60. The van der Waals surface area contributed by atoms with Crippen LogP contribution in [0.25, 0.3) is 0 Å². The maximum atomic E-state index is 12.3. The number of ether oxygens (including phenoxy) is 2. The van der Waals surface area contributed by atoms with Crippen LogP contribution in [0.4, 0.5) is 0 Å². The first-order valence-electron chi connectivity index (χ1n) is 16.1. The summed E-state index contributed by atoms with van der Waals surface area (Å²) in [5.41, 5.74) is -2.33. The Morgan fingerprint density at radius 3 is 1.98 bits per heavy atom. The quantitative estimate of drug-likeness (QED) is 0.304. The van der Waals surface area contributed by atoms with Gasteiger partial charge in [-0.25, -0.2) is 0 Å². The fourth-order valence-electron chi connectivity index (χ4n) is 6.40. The van der Waals surface area contributed by atoms with Gasteiger partial charge in [-0.15, -0.1) is 0 Å². The molecule has 252 valence electrons. The number of rotatable bonds is 3. The van der Waals surface area contributed by atoms with E-state index in [1.807, 2.05) is 46.6 Å². The molecular formula is C32H66N2O8. The summed E-state index contributed by atoms with van der Waals surface area (Å²) < 4.78 is 10.4. The summed E-state index contributed by atoms with van der Waals surface area (Å²) in [5.74, 6) is -0.306. The Kier molecular flexibility index (Phi) is 18.5. The van der Waals surface area contributed by atoms with Gasteiger partial charge in [0.15, 0.2) is 6.29 Å². The molecule has 6 unspecified atom stereocenters. The molecule has 0 saturated carbocycles. The number of cyclic esters (lactones) is 1. The van der Waals surface area contributed by atoms with E-state index in [1.165, 1.54) is 6.92 Å². The highest BCUT2D eigenvalue weighted by Gasteiger charge is 2.39. The molecule has 11 atom stereocenters. The number of carbonyl (C=O) groups excluding carboxylic acids is 1. The van der Waals surface area contributed by atoms with Crippen molar-refractivity contribution in [2.24, 2.45) is 17.8 Å². The van der Waals surface area contributed by atoms with Crippen molar-refractivity contribution in [3.8, 4) is 0 Å². The minimum atomic E-state index is -1.52. The van der Waals surface area contributed by atoms with Gasteiger partial charge in [-0.1, -0.05) is 48.5 Å². The van der Waals surface area contributed by atoms with Crippen LogP contribution in [0.2, 0.25) is 0 Å². The van der Waals surface area contributed by atoms with Crippen molar-refractivity contribution < 1.29 is 39.8 Å². The number of carbonyl (C=O) groups is 1. The van der Waals surface area contributed by atoms with E-state index in [-0.39, 0.29) is 48.5 Å². The molecule has 0 bridgehead atoms. The minimum Gasteiger partial charge on any atom is -0.462 e. The van der Waals surface area contributed by atoms with Crippen LogP contribution in [-0.2, 0) is 14.3 Å². The molecule has 0 amide bonds. The standard InChI is InChI=1S/C20H39NO5.C10H21NO3.C2H6/c1-13-8-15(3)18(23)26-12-20(6,25)17(22)16(4)21(7)11-14(2)10-19(5,24)9-13;1-4-11(5-2)8-6-9(12)14-7(3)10(8)13;1-2/h13-17,22,24-25H,8-12H2,1-7H3;7-10,12-13H,4-6H2,1-3H3;1-2H3/t13-,14+,15?,16?,17?,19-,20+;7-,8?,9?,10?;/m01./s1.